The summed E-state index contributed by atoms with van der Waals surface area (Å²) in [5.74, 6) is 1.31. The molecule has 3 aromatic rings. The van der Waals surface area contributed by atoms with Gasteiger partial charge in [-0.25, -0.2) is 4.98 Å². The Labute approximate surface area is 172 Å². The van der Waals surface area contributed by atoms with Gasteiger partial charge in [-0.3, -0.25) is 9.36 Å². The minimum Gasteiger partial charge on any atom is -0.491 e. The van der Waals surface area contributed by atoms with Gasteiger partial charge in [-0.1, -0.05) is 47.6 Å². The number of nitrogens with zero attached hydrogens (tertiary/aromatic N) is 2. The zero-order chi connectivity index (χ0) is 19.3. The molecule has 0 saturated carbocycles. The van der Waals surface area contributed by atoms with E-state index in [2.05, 4.69) is 0 Å². The van der Waals surface area contributed by atoms with E-state index in [1.807, 2.05) is 42.5 Å². The molecular formula is C21H21ClN2O3S. The smallest absolute Gasteiger partial charge is 0.262 e. The first-order valence-electron chi connectivity index (χ1n) is 9.33. The van der Waals surface area contributed by atoms with E-state index < -0.39 is 0 Å². The van der Waals surface area contributed by atoms with Gasteiger partial charge in [0.05, 0.1) is 35.2 Å². The number of fused-ring (bicyclic) bond motifs is 1. The van der Waals surface area contributed by atoms with Crippen molar-refractivity contribution >= 4 is 34.3 Å². The summed E-state index contributed by atoms with van der Waals surface area (Å²) in [6.45, 7) is 1.76. The lowest BCUT2D eigenvalue weighted by molar-refractivity contribution is 0.0937. The van der Waals surface area contributed by atoms with Gasteiger partial charge in [-0.05, 0) is 37.1 Å². The van der Waals surface area contributed by atoms with Crippen molar-refractivity contribution in [2.45, 2.75) is 30.6 Å². The summed E-state index contributed by atoms with van der Waals surface area (Å²) in [4.78, 5) is 17.8. The number of aromatic nitrogens is 2. The summed E-state index contributed by atoms with van der Waals surface area (Å²) in [6, 6.07) is 14.9. The Morgan fingerprint density at radius 2 is 2.04 bits per heavy atom. The van der Waals surface area contributed by atoms with Crippen LogP contribution in [0.4, 0.5) is 0 Å². The SMILES string of the molecule is O=c1c2ccccc2nc(SCCOc2ccccc2Cl)n1C[C@@H]1CCCO1. The Morgan fingerprint density at radius 1 is 1.21 bits per heavy atom. The predicted octanol–water partition coefficient (Wildman–Crippen LogP) is 4.40. The second kappa shape index (κ2) is 8.99. The highest BCUT2D eigenvalue weighted by atomic mass is 35.5. The quantitative estimate of drug-likeness (QED) is 0.324. The second-order valence-corrected chi connectivity index (χ2v) is 8.06. The summed E-state index contributed by atoms with van der Waals surface area (Å²) < 4.78 is 13.2. The number of rotatable bonds is 7. The first kappa shape index (κ1) is 19.3. The number of benzene rings is 2. The van der Waals surface area contributed by atoms with E-state index in [0.717, 1.165) is 19.4 Å². The number of thioether (sulfide) groups is 1. The van der Waals surface area contributed by atoms with Crippen molar-refractivity contribution in [2.24, 2.45) is 0 Å². The summed E-state index contributed by atoms with van der Waals surface area (Å²) in [7, 11) is 0. The van der Waals surface area contributed by atoms with Crippen LogP contribution in [0.15, 0.2) is 58.5 Å². The standard InChI is InChI=1S/C21H21ClN2O3S/c22-17-8-2-4-10-19(17)27-12-13-28-21-23-18-9-3-1-7-16(18)20(25)24(21)14-15-6-5-11-26-15/h1-4,7-10,15H,5-6,11-14H2/t15-/m0/s1. The van der Waals surface area contributed by atoms with Gasteiger partial charge in [0.15, 0.2) is 5.16 Å². The molecule has 1 aliphatic heterocycles. The Balaban J connectivity index is 1.52. The molecular weight excluding hydrogens is 396 g/mol. The molecule has 1 atom stereocenters. The van der Waals surface area contributed by atoms with E-state index in [-0.39, 0.29) is 11.7 Å². The molecule has 5 nitrogen and oxygen atoms in total. The molecule has 0 unspecified atom stereocenters. The molecule has 0 aliphatic carbocycles. The number of para-hydroxylation sites is 2. The molecule has 1 saturated heterocycles. The molecule has 0 radical (unpaired) electrons. The van der Waals surface area contributed by atoms with E-state index in [0.29, 0.717) is 45.7 Å². The Hall–Kier alpha value is -2.02. The van der Waals surface area contributed by atoms with Crippen LogP contribution in [0.3, 0.4) is 0 Å². The highest BCUT2D eigenvalue weighted by molar-refractivity contribution is 7.99. The van der Waals surface area contributed by atoms with Crippen molar-refractivity contribution < 1.29 is 9.47 Å². The van der Waals surface area contributed by atoms with Gasteiger partial charge in [0.1, 0.15) is 5.75 Å². The average Bonchev–Trinajstić information content (AvgIpc) is 3.22. The van der Waals surface area contributed by atoms with E-state index >= 15 is 0 Å². The van der Waals surface area contributed by atoms with Gasteiger partial charge in [-0.2, -0.15) is 0 Å². The summed E-state index contributed by atoms with van der Waals surface area (Å²) in [5, 5.41) is 1.92. The molecule has 1 aliphatic rings. The van der Waals surface area contributed by atoms with Crippen molar-refractivity contribution in [1.82, 2.24) is 9.55 Å². The molecule has 7 heteroatoms. The lowest BCUT2D eigenvalue weighted by Gasteiger charge is -2.16. The predicted molar refractivity (Wildman–Crippen MR) is 113 cm³/mol. The molecule has 4 rings (SSSR count). The lowest BCUT2D eigenvalue weighted by Crippen LogP contribution is -2.29. The molecule has 0 spiro atoms. The Morgan fingerprint density at radius 3 is 2.86 bits per heavy atom. The molecule has 146 valence electrons. The van der Waals surface area contributed by atoms with Gasteiger partial charge in [0, 0.05) is 12.4 Å². The maximum atomic E-state index is 13.0. The summed E-state index contributed by atoms with van der Waals surface area (Å²) in [6.07, 6.45) is 2.08. The highest BCUT2D eigenvalue weighted by Gasteiger charge is 2.20. The van der Waals surface area contributed by atoms with Gasteiger partial charge >= 0.3 is 0 Å². The molecule has 28 heavy (non-hydrogen) atoms. The highest BCUT2D eigenvalue weighted by Crippen LogP contribution is 2.24. The number of hydrogen-bond donors (Lipinski definition) is 0. The van der Waals surface area contributed by atoms with Crippen LogP contribution >= 0.6 is 23.4 Å². The second-order valence-electron chi connectivity index (χ2n) is 6.59. The van der Waals surface area contributed by atoms with Crippen molar-refractivity contribution in [1.29, 1.82) is 0 Å². The summed E-state index contributed by atoms with van der Waals surface area (Å²) in [5.41, 5.74) is 0.696. The zero-order valence-electron chi connectivity index (χ0n) is 15.3. The van der Waals surface area contributed by atoms with E-state index in [4.69, 9.17) is 26.1 Å². The largest absolute Gasteiger partial charge is 0.491 e. The maximum absolute atomic E-state index is 13.0. The third kappa shape index (κ3) is 4.35. The van der Waals surface area contributed by atoms with Crippen LogP contribution < -0.4 is 10.3 Å². The monoisotopic (exact) mass is 416 g/mol. The van der Waals surface area contributed by atoms with Gasteiger partial charge in [-0.15, -0.1) is 0 Å². The summed E-state index contributed by atoms with van der Waals surface area (Å²) >= 11 is 7.64. The van der Waals surface area contributed by atoms with Gasteiger partial charge < -0.3 is 9.47 Å². The normalized spacial score (nSPS) is 16.5. The van der Waals surface area contributed by atoms with Crippen LogP contribution in [0.1, 0.15) is 12.8 Å². The third-order valence-corrected chi connectivity index (χ3v) is 5.90. The van der Waals surface area contributed by atoms with Crippen LogP contribution in [-0.4, -0.2) is 34.6 Å². The first-order chi connectivity index (χ1) is 13.7. The fourth-order valence-electron chi connectivity index (χ4n) is 3.26. The van der Waals surface area contributed by atoms with Crippen molar-refractivity contribution in [2.75, 3.05) is 19.0 Å². The molecule has 0 amide bonds. The lowest BCUT2D eigenvalue weighted by atomic mass is 10.2. The average molecular weight is 417 g/mol. The number of hydrogen-bond acceptors (Lipinski definition) is 5. The zero-order valence-corrected chi connectivity index (χ0v) is 16.9. The van der Waals surface area contributed by atoms with E-state index in [1.165, 1.54) is 11.8 Å². The fraction of sp³-hybridized carbons (Fsp3) is 0.333. The molecule has 0 bridgehead atoms. The van der Waals surface area contributed by atoms with Crippen LogP contribution in [0.25, 0.3) is 10.9 Å². The molecule has 1 fully saturated rings. The first-order valence-corrected chi connectivity index (χ1v) is 10.7. The molecule has 2 heterocycles. The van der Waals surface area contributed by atoms with Gasteiger partial charge in [0.2, 0.25) is 0 Å². The minimum absolute atomic E-state index is 0.0179. The van der Waals surface area contributed by atoms with Crippen molar-refractivity contribution in [3.63, 3.8) is 0 Å². The van der Waals surface area contributed by atoms with Crippen LogP contribution in [-0.2, 0) is 11.3 Å². The molecule has 0 N–H and O–H groups in total. The van der Waals surface area contributed by atoms with Crippen LogP contribution in [0, 0.1) is 0 Å². The van der Waals surface area contributed by atoms with Crippen molar-refractivity contribution in [3.8, 4) is 5.75 Å². The van der Waals surface area contributed by atoms with Crippen LogP contribution in [0.2, 0.25) is 5.02 Å². The van der Waals surface area contributed by atoms with Gasteiger partial charge in [0.25, 0.3) is 5.56 Å². The maximum Gasteiger partial charge on any atom is 0.262 e. The number of ether oxygens (including phenoxy) is 2. The van der Waals surface area contributed by atoms with Crippen molar-refractivity contribution in [3.05, 3.63) is 63.9 Å². The minimum atomic E-state index is -0.0179. The Kier molecular flexibility index (Phi) is 6.20. The molecule has 2 aromatic carbocycles. The van der Waals surface area contributed by atoms with E-state index in [1.54, 1.807) is 10.6 Å². The molecule has 1 aromatic heterocycles. The third-order valence-electron chi connectivity index (χ3n) is 4.65. The Bertz CT molecular complexity index is 1020. The topological polar surface area (TPSA) is 53.3 Å². The fourth-order valence-corrected chi connectivity index (χ4v) is 4.27. The van der Waals surface area contributed by atoms with Crippen LogP contribution in [0.5, 0.6) is 5.75 Å². The van der Waals surface area contributed by atoms with E-state index in [9.17, 15) is 4.79 Å². The number of halogens is 1.